The predicted octanol–water partition coefficient (Wildman–Crippen LogP) is 3.91. The second-order valence-electron chi connectivity index (χ2n) is 3.82. The Kier molecular flexibility index (Phi) is 3.45. The van der Waals surface area contributed by atoms with Crippen LogP contribution in [0.2, 0.25) is 5.02 Å². The topological polar surface area (TPSA) is 26.1 Å². The van der Waals surface area contributed by atoms with Crippen molar-refractivity contribution in [2.45, 2.75) is 6.92 Å². The molecule has 2 aromatic rings. The van der Waals surface area contributed by atoms with Crippen LogP contribution in [0.25, 0.3) is 0 Å². The van der Waals surface area contributed by atoms with E-state index in [-0.39, 0.29) is 0 Å². The quantitative estimate of drug-likeness (QED) is 0.341. The minimum absolute atomic E-state index is 0.570. The molecule has 3 heteroatoms. The van der Waals surface area contributed by atoms with E-state index in [4.69, 9.17) is 11.6 Å². The average molecular weight is 246 g/mol. The summed E-state index contributed by atoms with van der Waals surface area (Å²) in [6.07, 6.45) is 1.48. The van der Waals surface area contributed by atoms with Gasteiger partial charge in [0.15, 0.2) is 6.21 Å². The summed E-state index contributed by atoms with van der Waals surface area (Å²) < 4.78 is 0.828. The highest BCUT2D eigenvalue weighted by molar-refractivity contribution is 6.32. The maximum Gasteiger partial charge on any atom is 0.216 e. The Balaban J connectivity index is 2.38. The van der Waals surface area contributed by atoms with Gasteiger partial charge in [0.05, 0.1) is 10.6 Å². The van der Waals surface area contributed by atoms with Crippen molar-refractivity contribution in [1.82, 2.24) is 0 Å². The molecule has 2 nitrogen and oxygen atoms in total. The van der Waals surface area contributed by atoms with Gasteiger partial charge >= 0.3 is 0 Å². The Morgan fingerprint density at radius 2 is 1.88 bits per heavy atom. The number of benzene rings is 2. The predicted molar refractivity (Wildman–Crippen MR) is 71.1 cm³/mol. The molecule has 0 fully saturated rings. The number of rotatable bonds is 2. The molecule has 0 amide bonds. The number of hydrogen-bond donors (Lipinski definition) is 0. The zero-order valence-electron chi connectivity index (χ0n) is 9.43. The maximum atomic E-state index is 11.9. The fraction of sp³-hybridized carbons (Fsp3) is 0.0714. The van der Waals surface area contributed by atoms with Crippen LogP contribution < -0.4 is 0 Å². The van der Waals surface area contributed by atoms with E-state index in [1.807, 2.05) is 43.3 Å². The zero-order valence-corrected chi connectivity index (χ0v) is 10.2. The number of halogens is 1. The van der Waals surface area contributed by atoms with E-state index in [0.717, 1.165) is 10.3 Å². The summed E-state index contributed by atoms with van der Waals surface area (Å²) >= 11 is 5.99. The highest BCUT2D eigenvalue weighted by atomic mass is 35.5. The van der Waals surface area contributed by atoms with E-state index in [1.165, 1.54) is 6.21 Å². The lowest BCUT2D eigenvalue weighted by atomic mass is 10.2. The van der Waals surface area contributed by atoms with Gasteiger partial charge in [-0.25, -0.2) is 0 Å². The molecule has 0 spiro atoms. The molecule has 2 aromatic carbocycles. The lowest BCUT2D eigenvalue weighted by Gasteiger charge is -2.04. The molecule has 0 atom stereocenters. The van der Waals surface area contributed by atoms with Crippen molar-refractivity contribution in [3.05, 3.63) is 69.9 Å². The van der Waals surface area contributed by atoms with Crippen LogP contribution in [0.3, 0.4) is 0 Å². The lowest BCUT2D eigenvalue weighted by molar-refractivity contribution is -0.354. The summed E-state index contributed by atoms with van der Waals surface area (Å²) in [5.41, 5.74) is 2.37. The molecule has 0 saturated heterocycles. The van der Waals surface area contributed by atoms with E-state index < -0.39 is 0 Å². The van der Waals surface area contributed by atoms with Crippen molar-refractivity contribution in [2.75, 3.05) is 0 Å². The highest BCUT2D eigenvalue weighted by Crippen LogP contribution is 2.16. The molecular weight excluding hydrogens is 234 g/mol. The third kappa shape index (κ3) is 2.86. The second kappa shape index (κ2) is 5.02. The largest absolute Gasteiger partial charge is 0.618 e. The van der Waals surface area contributed by atoms with Gasteiger partial charge in [-0.3, -0.25) is 0 Å². The summed E-state index contributed by atoms with van der Waals surface area (Å²) in [6.45, 7) is 1.95. The van der Waals surface area contributed by atoms with Gasteiger partial charge < -0.3 is 5.21 Å². The summed E-state index contributed by atoms with van der Waals surface area (Å²) in [5.74, 6) is 0. The first-order valence-electron chi connectivity index (χ1n) is 5.29. The van der Waals surface area contributed by atoms with Crippen LogP contribution in [-0.2, 0) is 0 Å². The normalized spacial score (nSPS) is 11.5. The Morgan fingerprint density at radius 3 is 2.59 bits per heavy atom. The van der Waals surface area contributed by atoms with Crippen molar-refractivity contribution in [3.63, 3.8) is 0 Å². The van der Waals surface area contributed by atoms with Crippen LogP contribution >= 0.6 is 11.6 Å². The van der Waals surface area contributed by atoms with Crippen LogP contribution in [-0.4, -0.2) is 11.0 Å². The van der Waals surface area contributed by atoms with Crippen molar-refractivity contribution in [3.8, 4) is 0 Å². The van der Waals surface area contributed by atoms with Crippen LogP contribution in [0.5, 0.6) is 0 Å². The third-order valence-corrected chi connectivity index (χ3v) is 2.76. The molecule has 17 heavy (non-hydrogen) atoms. The van der Waals surface area contributed by atoms with Crippen LogP contribution in [0.4, 0.5) is 5.69 Å². The van der Waals surface area contributed by atoms with Gasteiger partial charge in [0.1, 0.15) is 0 Å². The minimum atomic E-state index is 0.570. The van der Waals surface area contributed by atoms with Crippen LogP contribution in [0, 0.1) is 12.1 Å². The first-order valence-corrected chi connectivity index (χ1v) is 5.67. The molecule has 0 heterocycles. The molecule has 2 rings (SSSR count). The van der Waals surface area contributed by atoms with E-state index >= 15 is 0 Å². The fourth-order valence-electron chi connectivity index (χ4n) is 1.55. The minimum Gasteiger partial charge on any atom is -0.618 e. The Bertz CT molecular complexity index is 564. The van der Waals surface area contributed by atoms with E-state index in [0.29, 0.717) is 16.3 Å². The molecule has 0 saturated carbocycles. The smallest absolute Gasteiger partial charge is 0.216 e. The van der Waals surface area contributed by atoms with Gasteiger partial charge in [0, 0.05) is 12.1 Å². The third-order valence-electron chi connectivity index (χ3n) is 2.42. The summed E-state index contributed by atoms with van der Waals surface area (Å²) in [6, 6.07) is 14.7. The summed E-state index contributed by atoms with van der Waals surface area (Å²) in [4.78, 5) is 0. The molecular formula is C14H12ClNO. The molecule has 0 aliphatic rings. The van der Waals surface area contributed by atoms with E-state index in [1.54, 1.807) is 12.1 Å². The first-order chi connectivity index (χ1) is 8.16. The van der Waals surface area contributed by atoms with Crippen LogP contribution in [0.1, 0.15) is 11.1 Å². The number of nitrogens with zero attached hydrogens (tertiary/aromatic N) is 1. The van der Waals surface area contributed by atoms with Gasteiger partial charge in [0.25, 0.3) is 0 Å². The monoisotopic (exact) mass is 245 g/mol. The first kappa shape index (κ1) is 11.7. The highest BCUT2D eigenvalue weighted by Gasteiger charge is 2.04. The van der Waals surface area contributed by atoms with Gasteiger partial charge in [-0.1, -0.05) is 35.9 Å². The lowest BCUT2D eigenvalue weighted by Crippen LogP contribution is -1.99. The average Bonchev–Trinajstić information content (AvgIpc) is 2.32. The molecule has 0 unspecified atom stereocenters. The van der Waals surface area contributed by atoms with Crippen molar-refractivity contribution < 1.29 is 4.74 Å². The Morgan fingerprint density at radius 1 is 1.12 bits per heavy atom. The Hall–Kier alpha value is -1.80. The molecule has 0 aliphatic heterocycles. The van der Waals surface area contributed by atoms with Crippen molar-refractivity contribution >= 4 is 23.5 Å². The molecule has 0 radical (unpaired) electrons. The van der Waals surface area contributed by atoms with Crippen molar-refractivity contribution in [2.24, 2.45) is 0 Å². The maximum absolute atomic E-state index is 11.9. The summed E-state index contributed by atoms with van der Waals surface area (Å²) in [7, 11) is 0. The molecule has 86 valence electrons. The van der Waals surface area contributed by atoms with Gasteiger partial charge in [-0.05, 0) is 24.6 Å². The molecule has 0 N–H and O–H groups in total. The van der Waals surface area contributed by atoms with Gasteiger partial charge in [0.2, 0.25) is 5.69 Å². The van der Waals surface area contributed by atoms with Gasteiger partial charge in [-0.15, -0.1) is 0 Å². The number of aryl methyl sites for hydroxylation is 1. The Labute approximate surface area is 105 Å². The van der Waals surface area contributed by atoms with Gasteiger partial charge in [-0.2, -0.15) is 4.74 Å². The van der Waals surface area contributed by atoms with E-state index in [2.05, 4.69) is 0 Å². The molecule has 0 aromatic heterocycles. The number of hydrogen-bond acceptors (Lipinski definition) is 1. The van der Waals surface area contributed by atoms with Crippen molar-refractivity contribution in [1.29, 1.82) is 0 Å². The molecule has 0 aliphatic carbocycles. The second-order valence-corrected chi connectivity index (χ2v) is 4.22. The van der Waals surface area contributed by atoms with E-state index in [9.17, 15) is 5.21 Å². The molecule has 0 bridgehead atoms. The SMILES string of the molecule is Cc1cccc(/[N+]([O-])=C\c2ccccc2Cl)c1. The van der Waals surface area contributed by atoms with Crippen LogP contribution in [0.15, 0.2) is 48.5 Å². The summed E-state index contributed by atoms with van der Waals surface area (Å²) in [5, 5.41) is 12.5. The zero-order chi connectivity index (χ0) is 12.3. The standard InChI is InChI=1S/C14H12ClNO/c1-11-5-4-7-13(9-11)16(17)10-12-6-2-3-8-14(12)15/h2-10H,1H3/b16-10+. The fourth-order valence-corrected chi connectivity index (χ4v) is 1.73.